The van der Waals surface area contributed by atoms with Crippen molar-refractivity contribution in [2.24, 2.45) is 11.8 Å². The van der Waals surface area contributed by atoms with Gasteiger partial charge in [0.25, 0.3) is 5.91 Å². The van der Waals surface area contributed by atoms with E-state index in [1.807, 2.05) is 30.3 Å². The van der Waals surface area contributed by atoms with Crippen LogP contribution in [0.25, 0.3) is 21.8 Å². The van der Waals surface area contributed by atoms with E-state index in [4.69, 9.17) is 4.74 Å². The molecule has 2 aromatic heterocycles. The number of nitrogens with one attached hydrogen (secondary N) is 1. The second kappa shape index (κ2) is 10.5. The molecule has 9 heteroatoms. The molecule has 2 aromatic carbocycles. The summed E-state index contributed by atoms with van der Waals surface area (Å²) in [5, 5.41) is 4.16. The van der Waals surface area contributed by atoms with Gasteiger partial charge in [-0.25, -0.2) is 0 Å². The van der Waals surface area contributed by atoms with Crippen LogP contribution >= 0.6 is 0 Å². The van der Waals surface area contributed by atoms with Crippen LogP contribution in [0.4, 0.5) is 13.2 Å². The summed E-state index contributed by atoms with van der Waals surface area (Å²) in [5.74, 6) is -0.756. The summed E-state index contributed by atoms with van der Waals surface area (Å²) in [6.07, 6.45) is 1.67. The third kappa shape index (κ3) is 5.37. The number of pyridine rings is 1. The van der Waals surface area contributed by atoms with E-state index in [1.54, 1.807) is 23.0 Å². The molecule has 4 aromatic rings. The molecule has 1 aliphatic carbocycles. The molecule has 38 heavy (non-hydrogen) atoms. The minimum absolute atomic E-state index is 0.0168. The molecule has 5 rings (SSSR count). The van der Waals surface area contributed by atoms with Gasteiger partial charge in [0.15, 0.2) is 0 Å². The lowest BCUT2D eigenvalue weighted by Crippen LogP contribution is -2.33. The fraction of sp³-hybridized carbons (Fsp3) is 0.345. The zero-order valence-electron chi connectivity index (χ0n) is 20.9. The average Bonchev–Trinajstić information content (AvgIpc) is 3.33. The van der Waals surface area contributed by atoms with E-state index in [0.717, 1.165) is 41.4 Å². The Morgan fingerprint density at radius 2 is 1.82 bits per heavy atom. The highest BCUT2D eigenvalue weighted by Crippen LogP contribution is 2.34. The number of aromatic nitrogens is 2. The lowest BCUT2D eigenvalue weighted by molar-refractivity contribution is -0.146. The Labute approximate surface area is 217 Å². The van der Waals surface area contributed by atoms with Crippen molar-refractivity contribution in [2.45, 2.75) is 38.4 Å². The average molecular weight is 524 g/mol. The summed E-state index contributed by atoms with van der Waals surface area (Å²) in [4.78, 5) is 29.6. The zero-order chi connectivity index (χ0) is 26.9. The van der Waals surface area contributed by atoms with Gasteiger partial charge in [0.05, 0.1) is 35.2 Å². The number of carbonyl (C=O) groups is 2. The summed E-state index contributed by atoms with van der Waals surface area (Å²) < 4.78 is 47.7. The first-order chi connectivity index (χ1) is 18.2. The van der Waals surface area contributed by atoms with Gasteiger partial charge in [-0.15, -0.1) is 0 Å². The van der Waals surface area contributed by atoms with Crippen molar-refractivity contribution in [1.82, 2.24) is 14.9 Å². The van der Waals surface area contributed by atoms with Gasteiger partial charge in [0.1, 0.15) is 0 Å². The molecule has 0 spiro atoms. The molecule has 1 N–H and O–H groups in total. The van der Waals surface area contributed by atoms with Crippen molar-refractivity contribution in [2.75, 3.05) is 13.7 Å². The number of benzene rings is 2. The predicted octanol–water partition coefficient (Wildman–Crippen LogP) is 5.97. The van der Waals surface area contributed by atoms with Gasteiger partial charge in [-0.2, -0.15) is 13.2 Å². The van der Waals surface area contributed by atoms with Crippen molar-refractivity contribution in [3.63, 3.8) is 0 Å². The molecular weight excluding hydrogens is 495 g/mol. The smallest absolute Gasteiger partial charge is 0.416 e. The molecule has 1 saturated carbocycles. The van der Waals surface area contributed by atoms with Crippen LogP contribution in [0.15, 0.2) is 60.9 Å². The van der Waals surface area contributed by atoms with E-state index in [2.05, 4.69) is 10.3 Å². The second-order valence-electron chi connectivity index (χ2n) is 9.89. The number of hydrogen-bond acceptors (Lipinski definition) is 4. The monoisotopic (exact) mass is 523 g/mol. The molecule has 1 fully saturated rings. The van der Waals surface area contributed by atoms with Crippen LogP contribution in [0.5, 0.6) is 0 Å². The highest BCUT2D eigenvalue weighted by atomic mass is 19.4. The Bertz CT molecular complexity index is 1490. The first-order valence-corrected chi connectivity index (χ1v) is 12.6. The fourth-order valence-corrected chi connectivity index (χ4v) is 5.32. The molecular formula is C29H28F3N3O3. The van der Waals surface area contributed by atoms with Gasteiger partial charge >= 0.3 is 12.1 Å². The van der Waals surface area contributed by atoms with Gasteiger partial charge in [-0.05, 0) is 67.5 Å². The van der Waals surface area contributed by atoms with E-state index in [-0.39, 0.29) is 23.4 Å². The van der Waals surface area contributed by atoms with E-state index < -0.39 is 17.6 Å². The molecule has 0 radical (unpaired) electrons. The lowest BCUT2D eigenvalue weighted by atomic mass is 9.82. The van der Waals surface area contributed by atoms with Crippen molar-refractivity contribution < 1.29 is 27.5 Å². The van der Waals surface area contributed by atoms with Crippen LogP contribution in [-0.4, -0.2) is 35.1 Å². The Hall–Kier alpha value is -3.88. The summed E-state index contributed by atoms with van der Waals surface area (Å²) in [5.41, 5.74) is 1.28. The van der Waals surface area contributed by atoms with Crippen LogP contribution in [0, 0.1) is 11.8 Å². The lowest BCUT2D eigenvalue weighted by Gasteiger charge is -2.27. The Morgan fingerprint density at radius 1 is 1.05 bits per heavy atom. The molecule has 0 atom stereocenters. The van der Waals surface area contributed by atoms with Crippen molar-refractivity contribution >= 4 is 33.7 Å². The maximum atomic E-state index is 13.7. The number of carbonyl (C=O) groups excluding carboxylic acids is 2. The van der Waals surface area contributed by atoms with Crippen LogP contribution in [0.3, 0.4) is 0 Å². The number of nitrogens with zero attached hydrogens (tertiary/aromatic N) is 2. The van der Waals surface area contributed by atoms with E-state index in [9.17, 15) is 22.8 Å². The highest BCUT2D eigenvalue weighted by Gasteiger charge is 2.33. The molecule has 0 bridgehead atoms. The number of halogens is 3. The molecule has 198 valence electrons. The first-order valence-electron chi connectivity index (χ1n) is 12.6. The SMILES string of the molecule is COC(=O)[C@H]1CC[C@H](CNC(=O)c2cc(C(F)(F)F)cc3ccn(Cc4cnc5ccccc5c4)c23)CC1. The number of esters is 1. The molecule has 6 nitrogen and oxygen atoms in total. The minimum atomic E-state index is -4.58. The van der Waals surface area contributed by atoms with E-state index in [0.29, 0.717) is 36.8 Å². The Kier molecular flexibility index (Phi) is 7.10. The Balaban J connectivity index is 1.40. The van der Waals surface area contributed by atoms with Crippen molar-refractivity contribution in [1.29, 1.82) is 0 Å². The molecule has 0 saturated heterocycles. The van der Waals surface area contributed by atoms with Gasteiger partial charge in [0, 0.05) is 36.3 Å². The van der Waals surface area contributed by atoms with E-state index >= 15 is 0 Å². The highest BCUT2D eigenvalue weighted by molar-refractivity contribution is 6.06. The number of hydrogen-bond donors (Lipinski definition) is 1. The number of fused-ring (bicyclic) bond motifs is 2. The second-order valence-corrected chi connectivity index (χ2v) is 9.89. The van der Waals surface area contributed by atoms with Gasteiger partial charge in [-0.1, -0.05) is 18.2 Å². The third-order valence-electron chi connectivity index (χ3n) is 7.37. The van der Waals surface area contributed by atoms with E-state index in [1.165, 1.54) is 7.11 Å². The molecule has 0 aliphatic heterocycles. The number of ether oxygens (including phenoxy) is 1. The predicted molar refractivity (Wildman–Crippen MR) is 138 cm³/mol. The molecule has 2 heterocycles. The number of rotatable bonds is 6. The van der Waals surface area contributed by atoms with Crippen LogP contribution in [0.2, 0.25) is 0 Å². The quantitative estimate of drug-likeness (QED) is 0.316. The fourth-order valence-electron chi connectivity index (χ4n) is 5.32. The standard InChI is InChI=1S/C29H28F3N3O3/c1-38-28(37)20-8-6-18(7-9-20)15-34-27(36)24-14-23(29(30,31)32)13-22-10-11-35(26(22)24)17-19-12-21-4-2-3-5-25(21)33-16-19/h2-5,10-14,16,18,20H,6-9,15,17H2,1H3,(H,34,36)/t18-,20-. The minimum Gasteiger partial charge on any atom is -0.469 e. The van der Waals surface area contributed by atoms with Gasteiger partial charge in [-0.3, -0.25) is 14.6 Å². The van der Waals surface area contributed by atoms with Crippen molar-refractivity contribution in [3.05, 3.63) is 77.6 Å². The largest absolute Gasteiger partial charge is 0.469 e. The third-order valence-corrected chi connectivity index (χ3v) is 7.37. The van der Waals surface area contributed by atoms with Gasteiger partial charge < -0.3 is 14.6 Å². The number of alkyl halides is 3. The zero-order valence-corrected chi connectivity index (χ0v) is 20.9. The summed E-state index contributed by atoms with van der Waals surface area (Å²) >= 11 is 0. The van der Waals surface area contributed by atoms with Crippen LogP contribution < -0.4 is 5.32 Å². The maximum Gasteiger partial charge on any atom is 0.416 e. The maximum absolute atomic E-state index is 13.7. The Morgan fingerprint density at radius 3 is 2.55 bits per heavy atom. The summed E-state index contributed by atoms with van der Waals surface area (Å²) in [6, 6.07) is 13.3. The summed E-state index contributed by atoms with van der Waals surface area (Å²) in [6.45, 7) is 0.685. The van der Waals surface area contributed by atoms with Crippen LogP contribution in [0.1, 0.15) is 47.2 Å². The normalized spacial score (nSPS) is 18.0. The number of methoxy groups -OCH3 is 1. The van der Waals surface area contributed by atoms with Gasteiger partial charge in [0.2, 0.25) is 0 Å². The van der Waals surface area contributed by atoms with Crippen LogP contribution in [-0.2, 0) is 22.3 Å². The molecule has 1 aliphatic rings. The summed E-state index contributed by atoms with van der Waals surface area (Å²) in [7, 11) is 1.37. The number of para-hydroxylation sites is 1. The molecule has 0 unspecified atom stereocenters. The van der Waals surface area contributed by atoms with Crippen molar-refractivity contribution in [3.8, 4) is 0 Å². The number of amides is 1. The topological polar surface area (TPSA) is 73.2 Å². The molecule has 1 amide bonds. The first kappa shape index (κ1) is 25.8.